The summed E-state index contributed by atoms with van der Waals surface area (Å²) < 4.78 is 6.21. The summed E-state index contributed by atoms with van der Waals surface area (Å²) in [7, 11) is 1.55. The fourth-order valence-corrected chi connectivity index (χ4v) is 4.08. The number of halogens is 3. The molecule has 3 rings (SSSR count). The normalized spacial score (nSPS) is 20.6. The number of hydrazine groups is 1. The van der Waals surface area contributed by atoms with Gasteiger partial charge >= 0.3 is 0 Å². The molecule has 2 aromatic rings. The number of rotatable bonds is 4. The van der Waals surface area contributed by atoms with E-state index in [-0.39, 0.29) is 33.7 Å². The Hall–Kier alpha value is -1.38. The Morgan fingerprint density at radius 1 is 1.27 bits per heavy atom. The second-order valence-electron chi connectivity index (χ2n) is 5.72. The van der Waals surface area contributed by atoms with E-state index in [4.69, 9.17) is 39.5 Å². The zero-order valence-electron chi connectivity index (χ0n) is 13.8. The number of thiazole rings is 1. The summed E-state index contributed by atoms with van der Waals surface area (Å²) in [6.07, 6.45) is 1.59. The van der Waals surface area contributed by atoms with Crippen molar-refractivity contribution >= 4 is 57.8 Å². The molecule has 0 radical (unpaired) electrons. The van der Waals surface area contributed by atoms with Crippen LogP contribution < -0.4 is 10.2 Å². The highest BCUT2D eigenvalue weighted by Crippen LogP contribution is 2.41. The molecule has 0 spiro atoms. The molecule has 1 saturated heterocycles. The first-order valence-corrected chi connectivity index (χ1v) is 9.53. The van der Waals surface area contributed by atoms with Crippen molar-refractivity contribution in [1.29, 1.82) is 0 Å². The summed E-state index contributed by atoms with van der Waals surface area (Å²) in [5, 5.41) is 1.77. The zero-order chi connectivity index (χ0) is 19.0. The number of hydrogen-bond acceptors (Lipinski definition) is 6. The van der Waals surface area contributed by atoms with E-state index in [1.807, 2.05) is 0 Å². The molecule has 26 heavy (non-hydrogen) atoms. The fourth-order valence-electron chi connectivity index (χ4n) is 2.71. The number of ether oxygens (including phenoxy) is 1. The van der Waals surface area contributed by atoms with Crippen LogP contribution >= 0.6 is 46.1 Å². The lowest BCUT2D eigenvalue weighted by Crippen LogP contribution is -2.57. The van der Waals surface area contributed by atoms with Crippen molar-refractivity contribution in [3.8, 4) is 5.75 Å². The van der Waals surface area contributed by atoms with Gasteiger partial charge < -0.3 is 4.74 Å². The van der Waals surface area contributed by atoms with Crippen molar-refractivity contribution in [3.05, 3.63) is 43.3 Å². The van der Waals surface area contributed by atoms with Crippen molar-refractivity contribution in [3.63, 3.8) is 0 Å². The first kappa shape index (κ1) is 19.4. The lowest BCUT2D eigenvalue weighted by atomic mass is 9.88. The van der Waals surface area contributed by atoms with Crippen LogP contribution in [0.4, 0.5) is 0 Å². The van der Waals surface area contributed by atoms with Crippen LogP contribution in [0.2, 0.25) is 14.5 Å². The number of amides is 1. The van der Waals surface area contributed by atoms with Gasteiger partial charge in [0.1, 0.15) is 18.3 Å². The highest BCUT2D eigenvalue weighted by molar-refractivity contribution is 7.15. The lowest BCUT2D eigenvalue weighted by molar-refractivity contribution is -0.146. The predicted molar refractivity (Wildman–Crippen MR) is 101 cm³/mol. The Morgan fingerprint density at radius 3 is 2.62 bits per heavy atom. The largest absolute Gasteiger partial charge is 0.486 e. The van der Waals surface area contributed by atoms with Gasteiger partial charge in [-0.3, -0.25) is 14.6 Å². The molecule has 1 aliphatic rings. The quantitative estimate of drug-likeness (QED) is 0.743. The number of aromatic nitrogens is 1. The fraction of sp³-hybridized carbons (Fsp3) is 0.312. The molecule has 2 heterocycles. The molecule has 1 amide bonds. The predicted octanol–water partition coefficient (Wildman–Crippen LogP) is 3.70. The zero-order valence-corrected chi connectivity index (χ0v) is 16.8. The van der Waals surface area contributed by atoms with Gasteiger partial charge in [-0.25, -0.2) is 10.4 Å². The van der Waals surface area contributed by atoms with E-state index in [9.17, 15) is 9.59 Å². The molecule has 1 N–H and O–H groups in total. The van der Waals surface area contributed by atoms with Crippen LogP contribution in [0.5, 0.6) is 5.75 Å². The van der Waals surface area contributed by atoms with Gasteiger partial charge in [0.25, 0.3) is 5.91 Å². The summed E-state index contributed by atoms with van der Waals surface area (Å²) >= 11 is 19.7. The first-order valence-electron chi connectivity index (χ1n) is 7.58. The van der Waals surface area contributed by atoms with Crippen molar-refractivity contribution in [2.75, 3.05) is 7.05 Å². The van der Waals surface area contributed by atoms with E-state index in [1.54, 1.807) is 32.3 Å². The Balaban J connectivity index is 2.01. The van der Waals surface area contributed by atoms with Gasteiger partial charge in [-0.1, -0.05) is 34.8 Å². The standard InChI is InChI=1S/C16H14Cl3N3O3S/c1-7-13(23)12(15(24)22(2)21-7)11-9(17)3-4-10(18)14(11)25-6-8-5-20-16(19)26-8/h3-5,7,12,21H,6H2,1-2H3. The molecule has 0 aliphatic carbocycles. The average molecular weight is 435 g/mol. The molecule has 2 atom stereocenters. The van der Waals surface area contributed by atoms with Gasteiger partial charge in [0, 0.05) is 23.8 Å². The smallest absolute Gasteiger partial charge is 0.251 e. The number of ketones is 1. The highest BCUT2D eigenvalue weighted by Gasteiger charge is 2.42. The van der Waals surface area contributed by atoms with E-state index in [0.717, 1.165) is 4.88 Å². The SMILES string of the molecule is CC1NN(C)C(=O)C(c2c(Cl)ccc(Cl)c2OCc2cnc(Cl)s2)C1=O. The Bertz CT molecular complexity index is 854. The van der Waals surface area contributed by atoms with E-state index >= 15 is 0 Å². The summed E-state index contributed by atoms with van der Waals surface area (Å²) in [5.74, 6) is -1.62. The van der Waals surface area contributed by atoms with Crippen LogP contribution in [0.25, 0.3) is 0 Å². The van der Waals surface area contributed by atoms with Crippen LogP contribution in [0, 0.1) is 0 Å². The number of hydrogen-bond donors (Lipinski definition) is 1. The van der Waals surface area contributed by atoms with Crippen LogP contribution in [0.3, 0.4) is 0 Å². The molecule has 0 bridgehead atoms. The lowest BCUT2D eigenvalue weighted by Gasteiger charge is -2.34. The van der Waals surface area contributed by atoms with Crippen LogP contribution in [0.1, 0.15) is 23.3 Å². The highest BCUT2D eigenvalue weighted by atomic mass is 35.5. The number of Topliss-reactive ketones (excluding diaryl/α,β-unsaturated/α-hetero) is 1. The molecule has 6 nitrogen and oxygen atoms in total. The van der Waals surface area contributed by atoms with Crippen molar-refractivity contribution in [1.82, 2.24) is 15.4 Å². The van der Waals surface area contributed by atoms with Gasteiger partial charge in [-0.15, -0.1) is 11.3 Å². The Morgan fingerprint density at radius 2 is 1.96 bits per heavy atom. The number of nitrogens with zero attached hydrogens (tertiary/aromatic N) is 2. The van der Waals surface area contributed by atoms with Crippen LogP contribution in [-0.4, -0.2) is 34.8 Å². The van der Waals surface area contributed by atoms with Gasteiger partial charge in [-0.2, -0.15) is 0 Å². The third-order valence-corrected chi connectivity index (χ3v) is 5.66. The van der Waals surface area contributed by atoms with Gasteiger partial charge in [0.15, 0.2) is 10.3 Å². The monoisotopic (exact) mass is 433 g/mol. The molecule has 0 saturated carbocycles. The molecular formula is C16H14Cl3N3O3S. The second-order valence-corrected chi connectivity index (χ2v) is 8.24. The number of carbonyl (C=O) groups is 2. The Kier molecular flexibility index (Phi) is 5.74. The molecular weight excluding hydrogens is 421 g/mol. The molecule has 1 aromatic heterocycles. The molecule has 138 valence electrons. The molecule has 2 unspecified atom stereocenters. The minimum Gasteiger partial charge on any atom is -0.486 e. The van der Waals surface area contributed by atoms with E-state index < -0.39 is 17.9 Å². The number of benzene rings is 1. The number of nitrogens with one attached hydrogen (secondary N) is 1. The molecule has 10 heteroatoms. The minimum absolute atomic E-state index is 0.135. The van der Waals surface area contributed by atoms with Gasteiger partial charge in [-0.05, 0) is 19.1 Å². The topological polar surface area (TPSA) is 71.5 Å². The third-order valence-electron chi connectivity index (χ3n) is 3.94. The maximum absolute atomic E-state index is 12.7. The number of carbonyl (C=O) groups excluding carboxylic acids is 2. The molecule has 1 fully saturated rings. The average Bonchev–Trinajstić information content (AvgIpc) is 3.01. The summed E-state index contributed by atoms with van der Waals surface area (Å²) in [6.45, 7) is 1.81. The van der Waals surface area contributed by atoms with Crippen LogP contribution in [-0.2, 0) is 16.2 Å². The molecule has 1 aliphatic heterocycles. The first-order chi connectivity index (χ1) is 12.3. The summed E-state index contributed by atoms with van der Waals surface area (Å²) in [4.78, 5) is 30.0. The Labute approximate surface area is 169 Å². The third kappa shape index (κ3) is 3.68. The minimum atomic E-state index is -1.09. The molecule has 1 aromatic carbocycles. The maximum Gasteiger partial charge on any atom is 0.251 e. The van der Waals surface area contributed by atoms with E-state index in [1.165, 1.54) is 16.3 Å². The van der Waals surface area contributed by atoms with E-state index in [2.05, 4.69) is 10.4 Å². The van der Waals surface area contributed by atoms with Gasteiger partial charge in [0.2, 0.25) is 0 Å². The second kappa shape index (κ2) is 7.70. The van der Waals surface area contributed by atoms with Gasteiger partial charge in [0.05, 0.1) is 15.9 Å². The van der Waals surface area contributed by atoms with Crippen molar-refractivity contribution in [2.45, 2.75) is 25.5 Å². The summed E-state index contributed by atoms with van der Waals surface area (Å²) in [5.41, 5.74) is 3.06. The van der Waals surface area contributed by atoms with Crippen molar-refractivity contribution < 1.29 is 14.3 Å². The van der Waals surface area contributed by atoms with Crippen LogP contribution in [0.15, 0.2) is 18.3 Å². The summed E-state index contributed by atoms with van der Waals surface area (Å²) in [6, 6.07) is 2.56. The maximum atomic E-state index is 12.7. The van der Waals surface area contributed by atoms with E-state index in [0.29, 0.717) is 4.47 Å². The number of likely N-dealkylation sites (N-methyl/N-ethyl adjacent to an activating group) is 1. The van der Waals surface area contributed by atoms with Crippen molar-refractivity contribution in [2.24, 2.45) is 0 Å².